The fraction of sp³-hybridized carbons (Fsp3) is 0.375. The lowest BCUT2D eigenvalue weighted by Gasteiger charge is -2.19. The molecular formula is C16H18N4O3. The van der Waals surface area contributed by atoms with Gasteiger partial charge < -0.3 is 10.6 Å². The number of carbonyl (C=O) groups is 3. The third-order valence-corrected chi connectivity index (χ3v) is 4.02. The van der Waals surface area contributed by atoms with Crippen LogP contribution < -0.4 is 16.1 Å². The zero-order valence-electron chi connectivity index (χ0n) is 12.8. The van der Waals surface area contributed by atoms with E-state index in [1.807, 2.05) is 19.1 Å². The molecule has 0 spiro atoms. The molecule has 2 atom stereocenters. The quantitative estimate of drug-likeness (QED) is 0.768. The average molecular weight is 314 g/mol. The lowest BCUT2D eigenvalue weighted by Crippen LogP contribution is -2.37. The molecule has 1 aromatic rings. The van der Waals surface area contributed by atoms with Gasteiger partial charge in [0.15, 0.2) is 0 Å². The number of nitrogens with zero attached hydrogens (tertiary/aromatic N) is 1. The molecule has 3 N–H and O–H groups in total. The number of rotatable bonds is 3. The summed E-state index contributed by atoms with van der Waals surface area (Å²) in [4.78, 5) is 34.5. The highest BCUT2D eigenvalue weighted by Crippen LogP contribution is 2.19. The van der Waals surface area contributed by atoms with E-state index in [1.54, 1.807) is 12.1 Å². The molecule has 2 unspecified atom stereocenters. The van der Waals surface area contributed by atoms with Crippen molar-refractivity contribution in [1.82, 2.24) is 10.7 Å². The Balaban J connectivity index is 1.66. The molecule has 0 radical (unpaired) electrons. The van der Waals surface area contributed by atoms with Crippen LogP contribution in [-0.2, 0) is 14.4 Å². The molecule has 3 amide bonds. The van der Waals surface area contributed by atoms with E-state index in [2.05, 4.69) is 21.2 Å². The molecule has 120 valence electrons. The summed E-state index contributed by atoms with van der Waals surface area (Å²) >= 11 is 0. The Morgan fingerprint density at radius 3 is 2.57 bits per heavy atom. The van der Waals surface area contributed by atoms with Gasteiger partial charge in [-0.2, -0.15) is 5.10 Å². The van der Waals surface area contributed by atoms with Gasteiger partial charge in [0, 0.05) is 24.4 Å². The first-order valence-corrected chi connectivity index (χ1v) is 7.60. The van der Waals surface area contributed by atoms with E-state index < -0.39 is 6.04 Å². The van der Waals surface area contributed by atoms with Crippen molar-refractivity contribution in [2.24, 2.45) is 11.0 Å². The number of nitrogens with one attached hydrogen (secondary N) is 3. The Hall–Kier alpha value is -2.70. The summed E-state index contributed by atoms with van der Waals surface area (Å²) in [6.45, 7) is 1.95. The number of hydrogen-bond donors (Lipinski definition) is 3. The first-order chi connectivity index (χ1) is 11.0. The van der Waals surface area contributed by atoms with Crippen LogP contribution in [0.5, 0.6) is 0 Å². The SMILES string of the molecule is CC1CC(=O)NN=C1c1ccc(NC(=O)C2CCC(=O)N2)cc1. The van der Waals surface area contributed by atoms with Gasteiger partial charge in [0.1, 0.15) is 6.04 Å². The Bertz CT molecular complexity index is 681. The molecule has 0 aliphatic carbocycles. The highest BCUT2D eigenvalue weighted by Gasteiger charge is 2.27. The monoisotopic (exact) mass is 314 g/mol. The van der Waals surface area contributed by atoms with Crippen molar-refractivity contribution in [1.29, 1.82) is 0 Å². The van der Waals surface area contributed by atoms with Crippen molar-refractivity contribution >= 4 is 29.1 Å². The minimum absolute atomic E-state index is 0.0536. The van der Waals surface area contributed by atoms with Crippen molar-refractivity contribution < 1.29 is 14.4 Å². The summed E-state index contributed by atoms with van der Waals surface area (Å²) in [5.41, 5.74) is 4.88. The Labute approximate surface area is 133 Å². The van der Waals surface area contributed by atoms with Crippen LogP contribution in [0.2, 0.25) is 0 Å². The van der Waals surface area contributed by atoms with Gasteiger partial charge in [0.25, 0.3) is 0 Å². The Morgan fingerprint density at radius 2 is 1.96 bits per heavy atom. The molecule has 2 aliphatic rings. The predicted molar refractivity (Wildman–Crippen MR) is 84.7 cm³/mol. The minimum atomic E-state index is -0.458. The zero-order chi connectivity index (χ0) is 16.4. The van der Waals surface area contributed by atoms with Gasteiger partial charge in [-0.15, -0.1) is 0 Å². The minimum Gasteiger partial charge on any atom is -0.344 e. The average Bonchev–Trinajstić information content (AvgIpc) is 2.95. The molecule has 0 aromatic heterocycles. The van der Waals surface area contributed by atoms with Crippen LogP contribution in [0.3, 0.4) is 0 Å². The van der Waals surface area contributed by atoms with E-state index in [1.165, 1.54) is 0 Å². The molecule has 1 aromatic carbocycles. The molecule has 1 fully saturated rings. The standard InChI is InChI=1S/C16H18N4O3/c1-9-8-14(22)19-20-15(9)10-2-4-11(5-3-10)17-16(23)12-6-7-13(21)18-12/h2-5,9,12H,6-8H2,1H3,(H,17,23)(H,18,21)(H,19,22). The van der Waals surface area contributed by atoms with Crippen LogP contribution in [0.4, 0.5) is 5.69 Å². The van der Waals surface area contributed by atoms with Gasteiger partial charge >= 0.3 is 0 Å². The predicted octanol–water partition coefficient (Wildman–Crippen LogP) is 0.764. The molecule has 0 saturated carbocycles. The summed E-state index contributed by atoms with van der Waals surface area (Å²) < 4.78 is 0. The van der Waals surface area contributed by atoms with Gasteiger partial charge in [0.2, 0.25) is 17.7 Å². The topological polar surface area (TPSA) is 99.7 Å². The molecule has 7 nitrogen and oxygen atoms in total. The molecule has 7 heteroatoms. The molecule has 23 heavy (non-hydrogen) atoms. The maximum absolute atomic E-state index is 12.0. The van der Waals surface area contributed by atoms with Crippen LogP contribution in [0.1, 0.15) is 31.7 Å². The van der Waals surface area contributed by atoms with Crippen molar-refractivity contribution in [2.45, 2.75) is 32.2 Å². The fourth-order valence-electron chi connectivity index (χ4n) is 2.77. The largest absolute Gasteiger partial charge is 0.344 e. The Kier molecular flexibility index (Phi) is 4.10. The second-order valence-electron chi connectivity index (χ2n) is 5.86. The van der Waals surface area contributed by atoms with Gasteiger partial charge in [-0.3, -0.25) is 14.4 Å². The zero-order valence-corrected chi connectivity index (χ0v) is 12.8. The van der Waals surface area contributed by atoms with Crippen molar-refractivity contribution in [2.75, 3.05) is 5.32 Å². The van der Waals surface area contributed by atoms with Gasteiger partial charge in [-0.05, 0) is 24.1 Å². The summed E-state index contributed by atoms with van der Waals surface area (Å²) in [6, 6.07) is 6.83. The van der Waals surface area contributed by atoms with E-state index in [9.17, 15) is 14.4 Å². The summed E-state index contributed by atoms with van der Waals surface area (Å²) in [5.74, 6) is -0.326. The second-order valence-corrected chi connectivity index (χ2v) is 5.86. The number of amides is 3. The maximum atomic E-state index is 12.0. The molecule has 3 rings (SSSR count). The summed E-state index contributed by atoms with van der Waals surface area (Å²) in [6.07, 6.45) is 1.33. The first kappa shape index (κ1) is 15.2. The summed E-state index contributed by atoms with van der Waals surface area (Å²) in [7, 11) is 0. The number of anilines is 1. The van der Waals surface area contributed by atoms with Crippen molar-refractivity contribution in [3.8, 4) is 0 Å². The van der Waals surface area contributed by atoms with Gasteiger partial charge in [-0.1, -0.05) is 19.1 Å². The molecule has 1 saturated heterocycles. The molecular weight excluding hydrogens is 296 g/mol. The number of hydrogen-bond acceptors (Lipinski definition) is 4. The molecule has 2 heterocycles. The third-order valence-electron chi connectivity index (χ3n) is 4.02. The number of carbonyl (C=O) groups excluding carboxylic acids is 3. The first-order valence-electron chi connectivity index (χ1n) is 7.60. The third kappa shape index (κ3) is 3.39. The molecule has 0 bridgehead atoms. The lowest BCUT2D eigenvalue weighted by molar-refractivity contribution is -0.122. The normalized spacial score (nSPS) is 23.8. The molecule has 2 aliphatic heterocycles. The van der Waals surface area contributed by atoms with Crippen LogP contribution >= 0.6 is 0 Å². The van der Waals surface area contributed by atoms with Crippen LogP contribution in [-0.4, -0.2) is 29.5 Å². The van der Waals surface area contributed by atoms with E-state index in [0.717, 1.165) is 11.3 Å². The Morgan fingerprint density at radius 1 is 1.22 bits per heavy atom. The lowest BCUT2D eigenvalue weighted by atomic mass is 9.94. The van der Waals surface area contributed by atoms with Crippen molar-refractivity contribution in [3.05, 3.63) is 29.8 Å². The van der Waals surface area contributed by atoms with Crippen LogP contribution in [0.15, 0.2) is 29.4 Å². The van der Waals surface area contributed by atoms with E-state index in [-0.39, 0.29) is 23.6 Å². The maximum Gasteiger partial charge on any atom is 0.246 e. The van der Waals surface area contributed by atoms with Gasteiger partial charge in [-0.25, -0.2) is 5.43 Å². The van der Waals surface area contributed by atoms with Gasteiger partial charge in [0.05, 0.1) is 5.71 Å². The van der Waals surface area contributed by atoms with E-state index in [0.29, 0.717) is 24.9 Å². The number of hydrazone groups is 1. The number of benzene rings is 1. The van der Waals surface area contributed by atoms with Crippen molar-refractivity contribution in [3.63, 3.8) is 0 Å². The fourth-order valence-corrected chi connectivity index (χ4v) is 2.77. The second kappa shape index (κ2) is 6.20. The van der Waals surface area contributed by atoms with Crippen LogP contribution in [0.25, 0.3) is 0 Å². The smallest absolute Gasteiger partial charge is 0.246 e. The summed E-state index contributed by atoms with van der Waals surface area (Å²) in [5, 5.41) is 9.53. The highest BCUT2D eigenvalue weighted by molar-refractivity contribution is 6.06. The highest BCUT2D eigenvalue weighted by atomic mass is 16.2. The van der Waals surface area contributed by atoms with E-state index in [4.69, 9.17) is 0 Å². The van der Waals surface area contributed by atoms with E-state index >= 15 is 0 Å². The van der Waals surface area contributed by atoms with Crippen LogP contribution in [0, 0.1) is 5.92 Å².